The van der Waals surface area contributed by atoms with E-state index in [0.717, 1.165) is 10.0 Å². The highest BCUT2D eigenvalue weighted by atomic mass is 79.9. The summed E-state index contributed by atoms with van der Waals surface area (Å²) in [5.41, 5.74) is 7.01. The van der Waals surface area contributed by atoms with Crippen LogP contribution in [0.1, 0.15) is 17.2 Å². The lowest BCUT2D eigenvalue weighted by Gasteiger charge is -2.17. The van der Waals surface area contributed by atoms with E-state index in [1.54, 1.807) is 6.07 Å². The Labute approximate surface area is 96.8 Å². The summed E-state index contributed by atoms with van der Waals surface area (Å²) in [7, 11) is 1.46. The average Bonchev–Trinajstić information content (AvgIpc) is 2.23. The van der Waals surface area contributed by atoms with Gasteiger partial charge < -0.3 is 20.7 Å². The van der Waals surface area contributed by atoms with Crippen molar-refractivity contribution in [2.24, 2.45) is 5.73 Å². The fourth-order valence-corrected chi connectivity index (χ4v) is 1.85. The van der Waals surface area contributed by atoms with Crippen LogP contribution in [0.15, 0.2) is 10.5 Å². The Bertz CT molecular complexity index is 368. The summed E-state index contributed by atoms with van der Waals surface area (Å²) < 4.78 is 5.79. The molecule has 0 radical (unpaired) electrons. The van der Waals surface area contributed by atoms with Gasteiger partial charge in [0.1, 0.15) is 0 Å². The maximum absolute atomic E-state index is 9.86. The topological polar surface area (TPSA) is 75.7 Å². The zero-order valence-electron chi connectivity index (χ0n) is 8.62. The maximum atomic E-state index is 9.86. The van der Waals surface area contributed by atoms with Crippen molar-refractivity contribution in [2.45, 2.75) is 13.0 Å². The van der Waals surface area contributed by atoms with E-state index in [9.17, 15) is 5.11 Å². The minimum absolute atomic E-state index is 0.0141. The third-order valence-corrected chi connectivity index (χ3v) is 3.12. The molecule has 0 aromatic heterocycles. The second-order valence-electron chi connectivity index (χ2n) is 3.24. The van der Waals surface area contributed by atoms with E-state index in [-0.39, 0.29) is 12.4 Å². The van der Waals surface area contributed by atoms with E-state index < -0.39 is 6.04 Å². The van der Waals surface area contributed by atoms with E-state index >= 15 is 0 Å². The molecule has 4 N–H and O–H groups in total. The predicted molar refractivity (Wildman–Crippen MR) is 61.1 cm³/mol. The first-order valence-electron chi connectivity index (χ1n) is 4.45. The van der Waals surface area contributed by atoms with Gasteiger partial charge in [-0.2, -0.15) is 0 Å². The lowest BCUT2D eigenvalue weighted by Crippen LogP contribution is -2.16. The Morgan fingerprint density at radius 2 is 2.20 bits per heavy atom. The number of hydrogen-bond donors (Lipinski definition) is 3. The third-order valence-electron chi connectivity index (χ3n) is 2.30. The van der Waals surface area contributed by atoms with Crippen molar-refractivity contribution in [3.63, 3.8) is 0 Å². The Balaban J connectivity index is 3.40. The first kappa shape index (κ1) is 12.3. The van der Waals surface area contributed by atoms with E-state index in [1.807, 2.05) is 6.92 Å². The van der Waals surface area contributed by atoms with Gasteiger partial charge in [0.15, 0.2) is 11.5 Å². The standard InChI is InChI=1S/C10H14BrNO3/c1-5-6(11)3-8(15-2)10(14)9(5)7(12)4-13/h3,7,13-14H,4,12H2,1-2H3. The molecule has 0 aliphatic rings. The summed E-state index contributed by atoms with van der Waals surface area (Å²) in [5.74, 6) is 0.325. The number of methoxy groups -OCH3 is 1. The number of aliphatic hydroxyl groups excluding tert-OH is 1. The van der Waals surface area contributed by atoms with Crippen LogP contribution in [-0.2, 0) is 0 Å². The molecule has 0 saturated carbocycles. The second kappa shape index (κ2) is 4.83. The molecule has 1 aromatic carbocycles. The van der Waals surface area contributed by atoms with E-state index in [4.69, 9.17) is 15.6 Å². The summed E-state index contributed by atoms with van der Waals surface area (Å²) in [6.45, 7) is 1.59. The number of phenolic OH excluding ortho intramolecular Hbond substituents is 1. The fraction of sp³-hybridized carbons (Fsp3) is 0.400. The monoisotopic (exact) mass is 275 g/mol. The molecule has 1 aromatic rings. The summed E-state index contributed by atoms with van der Waals surface area (Å²) in [4.78, 5) is 0. The van der Waals surface area contributed by atoms with Gasteiger partial charge in [-0.25, -0.2) is 0 Å². The van der Waals surface area contributed by atoms with Gasteiger partial charge in [-0.15, -0.1) is 0 Å². The average molecular weight is 276 g/mol. The van der Waals surface area contributed by atoms with Crippen molar-refractivity contribution in [3.8, 4) is 11.5 Å². The van der Waals surface area contributed by atoms with Gasteiger partial charge in [-0.05, 0) is 18.6 Å². The van der Waals surface area contributed by atoms with Crippen molar-refractivity contribution in [2.75, 3.05) is 13.7 Å². The van der Waals surface area contributed by atoms with Crippen molar-refractivity contribution in [1.29, 1.82) is 0 Å². The maximum Gasteiger partial charge on any atom is 0.162 e. The van der Waals surface area contributed by atoms with Gasteiger partial charge in [-0.1, -0.05) is 15.9 Å². The first-order valence-corrected chi connectivity index (χ1v) is 5.24. The number of rotatable bonds is 3. The Morgan fingerprint density at radius 3 is 2.67 bits per heavy atom. The van der Waals surface area contributed by atoms with Crippen molar-refractivity contribution >= 4 is 15.9 Å². The minimum atomic E-state index is -0.614. The number of aromatic hydroxyl groups is 1. The van der Waals surface area contributed by atoms with Gasteiger partial charge in [0.25, 0.3) is 0 Å². The molecule has 5 heteroatoms. The number of phenols is 1. The molecule has 0 bridgehead atoms. The zero-order chi connectivity index (χ0) is 11.6. The van der Waals surface area contributed by atoms with Crippen LogP contribution in [0.5, 0.6) is 11.5 Å². The highest BCUT2D eigenvalue weighted by Crippen LogP contribution is 2.39. The molecular weight excluding hydrogens is 262 g/mol. The molecule has 0 fully saturated rings. The lowest BCUT2D eigenvalue weighted by atomic mass is 10.0. The molecule has 0 spiro atoms. The largest absolute Gasteiger partial charge is 0.504 e. The van der Waals surface area contributed by atoms with Crippen LogP contribution in [0, 0.1) is 6.92 Å². The lowest BCUT2D eigenvalue weighted by molar-refractivity contribution is 0.263. The van der Waals surface area contributed by atoms with Gasteiger partial charge >= 0.3 is 0 Å². The summed E-state index contributed by atoms with van der Waals surface area (Å²) >= 11 is 3.34. The second-order valence-corrected chi connectivity index (χ2v) is 4.09. The molecule has 0 heterocycles. The van der Waals surface area contributed by atoms with Crippen molar-refractivity contribution in [1.82, 2.24) is 0 Å². The third kappa shape index (κ3) is 2.25. The molecule has 0 aliphatic carbocycles. The van der Waals surface area contributed by atoms with Crippen molar-refractivity contribution < 1.29 is 14.9 Å². The normalized spacial score (nSPS) is 12.6. The van der Waals surface area contributed by atoms with E-state index in [2.05, 4.69) is 15.9 Å². The van der Waals surface area contributed by atoms with Crippen LogP contribution >= 0.6 is 15.9 Å². The molecular formula is C10H14BrNO3. The van der Waals surface area contributed by atoms with Crippen LogP contribution in [0.2, 0.25) is 0 Å². The van der Waals surface area contributed by atoms with E-state index in [1.165, 1.54) is 7.11 Å². The molecule has 4 nitrogen and oxygen atoms in total. The zero-order valence-corrected chi connectivity index (χ0v) is 10.2. The number of hydrogen-bond acceptors (Lipinski definition) is 4. The Morgan fingerprint density at radius 1 is 1.60 bits per heavy atom. The highest BCUT2D eigenvalue weighted by molar-refractivity contribution is 9.10. The highest BCUT2D eigenvalue weighted by Gasteiger charge is 2.19. The summed E-state index contributed by atoms with van der Waals surface area (Å²) in [6.07, 6.45) is 0. The molecule has 1 rings (SSSR count). The number of aliphatic hydroxyl groups is 1. The first-order chi connectivity index (χ1) is 7.02. The number of halogens is 1. The van der Waals surface area contributed by atoms with Crippen LogP contribution in [-0.4, -0.2) is 23.9 Å². The molecule has 84 valence electrons. The van der Waals surface area contributed by atoms with Gasteiger partial charge in [0.2, 0.25) is 0 Å². The smallest absolute Gasteiger partial charge is 0.162 e. The van der Waals surface area contributed by atoms with Gasteiger partial charge in [0, 0.05) is 10.0 Å². The van der Waals surface area contributed by atoms with Crippen LogP contribution in [0.3, 0.4) is 0 Å². The van der Waals surface area contributed by atoms with Crippen LogP contribution in [0.4, 0.5) is 0 Å². The number of ether oxygens (including phenoxy) is 1. The van der Waals surface area contributed by atoms with Crippen LogP contribution in [0.25, 0.3) is 0 Å². The molecule has 1 atom stereocenters. The number of nitrogens with two attached hydrogens (primary N) is 1. The predicted octanol–water partition coefficient (Wildman–Crippen LogP) is 1.46. The van der Waals surface area contributed by atoms with Gasteiger partial charge in [0.05, 0.1) is 19.8 Å². The molecule has 1 unspecified atom stereocenters. The van der Waals surface area contributed by atoms with E-state index in [0.29, 0.717) is 11.3 Å². The van der Waals surface area contributed by atoms with Gasteiger partial charge in [-0.3, -0.25) is 0 Å². The summed E-state index contributed by atoms with van der Waals surface area (Å²) in [6, 6.07) is 1.05. The fourth-order valence-electron chi connectivity index (χ4n) is 1.43. The molecule has 15 heavy (non-hydrogen) atoms. The Kier molecular flexibility index (Phi) is 3.96. The quantitative estimate of drug-likeness (QED) is 0.781. The Hall–Kier alpha value is -0.780. The van der Waals surface area contributed by atoms with Crippen molar-refractivity contribution in [3.05, 3.63) is 21.7 Å². The molecule has 0 amide bonds. The molecule has 0 saturated heterocycles. The minimum Gasteiger partial charge on any atom is -0.504 e. The number of benzene rings is 1. The van der Waals surface area contributed by atoms with Crippen LogP contribution < -0.4 is 10.5 Å². The molecule has 0 aliphatic heterocycles. The SMILES string of the molecule is COc1cc(Br)c(C)c(C(N)CO)c1O. The summed E-state index contributed by atoms with van der Waals surface area (Å²) in [5, 5.41) is 18.9.